The summed E-state index contributed by atoms with van der Waals surface area (Å²) in [6.45, 7) is 1.89. The number of aryl methyl sites for hydroxylation is 1. The number of hydrogen-bond acceptors (Lipinski definition) is 4. The number of likely N-dealkylation sites (N-methyl/N-ethyl adjacent to an activating group) is 1. The molecule has 7 heteroatoms. The first kappa shape index (κ1) is 20.8. The molecule has 0 bridgehead atoms. The molecule has 0 spiro atoms. The molecule has 1 aliphatic rings. The molecule has 0 saturated heterocycles. The van der Waals surface area contributed by atoms with Gasteiger partial charge in [0, 0.05) is 24.2 Å². The highest BCUT2D eigenvalue weighted by Gasteiger charge is 2.40. The van der Waals surface area contributed by atoms with Gasteiger partial charge in [-0.15, -0.1) is 0 Å². The Morgan fingerprint density at radius 2 is 1.97 bits per heavy atom. The van der Waals surface area contributed by atoms with Crippen LogP contribution in [-0.2, 0) is 11.3 Å². The molecule has 0 aromatic heterocycles. The van der Waals surface area contributed by atoms with Crippen LogP contribution in [0.1, 0.15) is 21.5 Å². The van der Waals surface area contributed by atoms with Crippen molar-refractivity contribution in [3.8, 4) is 0 Å². The maximum Gasteiger partial charge on any atom is 0.272 e. The Morgan fingerprint density at radius 1 is 1.24 bits per heavy atom. The van der Waals surface area contributed by atoms with Gasteiger partial charge in [0.15, 0.2) is 5.06 Å². The van der Waals surface area contributed by atoms with Crippen molar-refractivity contribution < 1.29 is 14.5 Å². The van der Waals surface area contributed by atoms with E-state index in [9.17, 15) is 14.9 Å². The van der Waals surface area contributed by atoms with E-state index in [1.54, 1.807) is 32.2 Å². The van der Waals surface area contributed by atoms with Crippen molar-refractivity contribution in [2.75, 3.05) is 7.05 Å². The molecule has 6 nitrogen and oxygen atoms in total. The largest absolute Gasteiger partial charge is 0.349 e. The smallest absolute Gasteiger partial charge is 0.272 e. The van der Waals surface area contributed by atoms with Gasteiger partial charge < -0.3 is 9.64 Å². The van der Waals surface area contributed by atoms with Gasteiger partial charge >= 0.3 is 0 Å². The van der Waals surface area contributed by atoms with E-state index >= 15 is 0 Å². The lowest BCUT2D eigenvalue weighted by molar-refractivity contribution is -0.385. The lowest BCUT2D eigenvalue weighted by atomic mass is 10.0. The zero-order valence-electron chi connectivity index (χ0n) is 16.1. The summed E-state index contributed by atoms with van der Waals surface area (Å²) in [5, 5.41) is 9.79. The number of carbonyl (C=O) groups excluding carboxylic acids is 1. The maximum absolute atomic E-state index is 13.0. The normalized spacial score (nSPS) is 20.4. The number of rotatable bonds is 6. The fourth-order valence-corrected chi connectivity index (χ4v) is 3.55. The van der Waals surface area contributed by atoms with E-state index in [0.717, 1.165) is 5.56 Å². The highest BCUT2D eigenvalue weighted by molar-refractivity contribution is 6.25. The van der Waals surface area contributed by atoms with Crippen LogP contribution in [0.3, 0.4) is 0 Å². The van der Waals surface area contributed by atoms with E-state index in [1.807, 2.05) is 36.4 Å². The lowest BCUT2D eigenvalue weighted by Gasteiger charge is -2.38. The molecule has 2 aromatic carbocycles. The summed E-state index contributed by atoms with van der Waals surface area (Å²) in [4.78, 5) is 25.1. The van der Waals surface area contributed by atoms with Gasteiger partial charge in [0.25, 0.3) is 11.6 Å². The number of nitrogens with zero attached hydrogens (tertiary/aromatic N) is 2. The summed E-state index contributed by atoms with van der Waals surface area (Å²) < 4.78 is 5.99. The number of benzene rings is 2. The van der Waals surface area contributed by atoms with Crippen LogP contribution in [0.25, 0.3) is 0 Å². The zero-order valence-corrected chi connectivity index (χ0v) is 16.9. The molecule has 29 heavy (non-hydrogen) atoms. The molecule has 0 fully saturated rings. The minimum atomic E-state index is -1.23. The van der Waals surface area contributed by atoms with Gasteiger partial charge in [0.1, 0.15) is 0 Å². The number of hydrogen-bond donors (Lipinski definition) is 0. The average Bonchev–Trinajstić information content (AvgIpc) is 2.72. The molecular formula is C22H21ClN2O4. The molecule has 150 valence electrons. The second-order valence-corrected chi connectivity index (χ2v) is 7.43. The predicted molar refractivity (Wildman–Crippen MR) is 112 cm³/mol. The molecule has 2 unspecified atom stereocenters. The van der Waals surface area contributed by atoms with Crippen molar-refractivity contribution >= 4 is 23.2 Å². The van der Waals surface area contributed by atoms with Crippen LogP contribution >= 0.6 is 11.6 Å². The number of carbonyl (C=O) groups is 1. The first-order chi connectivity index (χ1) is 13.8. The average molecular weight is 413 g/mol. The van der Waals surface area contributed by atoms with Gasteiger partial charge in [0.05, 0.1) is 17.6 Å². The van der Waals surface area contributed by atoms with Crippen LogP contribution < -0.4 is 0 Å². The number of alkyl halides is 1. The second kappa shape index (κ2) is 8.59. The number of halogens is 1. The number of amides is 1. The Kier molecular flexibility index (Phi) is 6.15. The van der Waals surface area contributed by atoms with Crippen LogP contribution in [0.2, 0.25) is 0 Å². The molecular weight excluding hydrogens is 392 g/mol. The fourth-order valence-electron chi connectivity index (χ4n) is 3.20. The minimum Gasteiger partial charge on any atom is -0.349 e. The Labute approximate surface area is 174 Å². The third-order valence-corrected chi connectivity index (χ3v) is 5.27. The van der Waals surface area contributed by atoms with E-state index in [1.165, 1.54) is 23.1 Å². The minimum absolute atomic E-state index is 0.0254. The van der Waals surface area contributed by atoms with Crippen molar-refractivity contribution in [1.82, 2.24) is 4.90 Å². The van der Waals surface area contributed by atoms with Crippen molar-refractivity contribution in [2.24, 2.45) is 0 Å². The maximum atomic E-state index is 13.0. The zero-order chi connectivity index (χ0) is 21.0. The summed E-state index contributed by atoms with van der Waals surface area (Å²) in [7, 11) is 1.64. The summed E-state index contributed by atoms with van der Waals surface area (Å²) >= 11 is 6.77. The Bertz CT molecular complexity index is 974. The first-order valence-electron chi connectivity index (χ1n) is 9.07. The van der Waals surface area contributed by atoms with E-state index < -0.39 is 16.0 Å². The van der Waals surface area contributed by atoms with Crippen molar-refractivity contribution in [2.45, 2.75) is 24.6 Å². The van der Waals surface area contributed by atoms with Gasteiger partial charge in [-0.3, -0.25) is 14.9 Å². The van der Waals surface area contributed by atoms with Crippen LogP contribution in [-0.4, -0.2) is 33.9 Å². The number of nitro groups is 1. The van der Waals surface area contributed by atoms with Gasteiger partial charge in [-0.25, -0.2) is 0 Å². The molecule has 0 saturated carbocycles. The van der Waals surface area contributed by atoms with Gasteiger partial charge in [0.2, 0.25) is 0 Å². The van der Waals surface area contributed by atoms with Crippen molar-refractivity contribution in [1.29, 1.82) is 0 Å². The standard InChI is InChI=1S/C22H21ClN2O4/c1-16-14-18(11-12-19(16)25(27)28)21(26)24(2)20-10-6-7-13-22(20,23)29-15-17-8-4-3-5-9-17/h3-14,20H,15H2,1-2H3. The summed E-state index contributed by atoms with van der Waals surface area (Å²) in [6, 6.07) is 13.4. The molecule has 0 radical (unpaired) electrons. The van der Waals surface area contributed by atoms with Crippen LogP contribution in [0.5, 0.6) is 0 Å². The fraction of sp³-hybridized carbons (Fsp3) is 0.227. The SMILES string of the molecule is Cc1cc(C(=O)N(C)C2C=CC=CC2(Cl)OCc2ccccc2)ccc1[N+](=O)[O-]. The molecule has 3 rings (SSSR count). The molecule has 0 heterocycles. The molecule has 0 aliphatic heterocycles. The van der Waals surface area contributed by atoms with E-state index in [0.29, 0.717) is 11.1 Å². The highest BCUT2D eigenvalue weighted by atomic mass is 35.5. The van der Waals surface area contributed by atoms with E-state index in [4.69, 9.17) is 16.3 Å². The Morgan fingerprint density at radius 3 is 2.62 bits per heavy atom. The Balaban J connectivity index is 1.80. The first-order valence-corrected chi connectivity index (χ1v) is 9.44. The highest BCUT2D eigenvalue weighted by Crippen LogP contribution is 2.33. The third kappa shape index (κ3) is 4.55. The second-order valence-electron chi connectivity index (χ2n) is 6.84. The van der Waals surface area contributed by atoms with Crippen LogP contribution in [0.15, 0.2) is 72.8 Å². The lowest BCUT2D eigenvalue weighted by Crippen LogP contribution is -2.50. The quantitative estimate of drug-likeness (QED) is 0.394. The van der Waals surface area contributed by atoms with E-state index in [2.05, 4.69) is 0 Å². The Hall–Kier alpha value is -2.96. The third-order valence-electron chi connectivity index (χ3n) is 4.81. The molecule has 2 aromatic rings. The van der Waals surface area contributed by atoms with Gasteiger partial charge in [-0.05, 0) is 30.7 Å². The topological polar surface area (TPSA) is 72.7 Å². The van der Waals surface area contributed by atoms with Gasteiger partial charge in [-0.1, -0.05) is 60.2 Å². The molecule has 1 amide bonds. The monoisotopic (exact) mass is 412 g/mol. The summed E-state index contributed by atoms with van der Waals surface area (Å²) in [5.41, 5.74) is 1.71. The molecule has 0 N–H and O–H groups in total. The summed E-state index contributed by atoms with van der Waals surface area (Å²) in [5.74, 6) is -0.304. The van der Waals surface area contributed by atoms with Crippen molar-refractivity contribution in [3.05, 3.63) is 99.6 Å². The number of ether oxygens (including phenoxy) is 1. The number of nitro benzene ring substituents is 1. The summed E-state index contributed by atoms with van der Waals surface area (Å²) in [6.07, 6.45) is 7.10. The van der Waals surface area contributed by atoms with Crippen molar-refractivity contribution in [3.63, 3.8) is 0 Å². The van der Waals surface area contributed by atoms with E-state index in [-0.39, 0.29) is 18.2 Å². The predicted octanol–water partition coefficient (Wildman–Crippen LogP) is 4.62. The molecule has 2 atom stereocenters. The molecule has 1 aliphatic carbocycles. The van der Waals surface area contributed by atoms with Crippen LogP contribution in [0, 0.1) is 17.0 Å². The van der Waals surface area contributed by atoms with Gasteiger partial charge in [-0.2, -0.15) is 0 Å². The van der Waals surface area contributed by atoms with Crippen LogP contribution in [0.4, 0.5) is 5.69 Å². The number of allylic oxidation sites excluding steroid dienone is 2.